The minimum absolute atomic E-state index is 0.0205. The molecular weight excluding hydrogens is 748 g/mol. The van der Waals surface area contributed by atoms with Crippen molar-refractivity contribution in [3.05, 3.63) is 59.5 Å². The van der Waals surface area contributed by atoms with Gasteiger partial charge >= 0.3 is 5.97 Å². The Morgan fingerprint density at radius 1 is 0.926 bits per heavy atom. The van der Waals surface area contributed by atoms with Crippen molar-refractivity contribution in [3.63, 3.8) is 0 Å². The van der Waals surface area contributed by atoms with Crippen LogP contribution in [0.2, 0.25) is 36.3 Å². The van der Waals surface area contributed by atoms with Gasteiger partial charge in [0.2, 0.25) is 27.7 Å². The van der Waals surface area contributed by atoms with Crippen LogP contribution in [0.4, 0.5) is 10.3 Å². The average molecular weight is 807 g/mol. The molecule has 16 heteroatoms. The molecule has 1 aromatic carbocycles. The van der Waals surface area contributed by atoms with E-state index in [9.17, 15) is 27.8 Å². The molecule has 3 rings (SSSR count). The van der Waals surface area contributed by atoms with Crippen LogP contribution in [-0.2, 0) is 23.7 Å². The van der Waals surface area contributed by atoms with Crippen molar-refractivity contribution in [2.75, 3.05) is 17.6 Å². The first-order valence-corrected chi connectivity index (χ1v) is 25.7. The van der Waals surface area contributed by atoms with Gasteiger partial charge < -0.3 is 23.9 Å². The summed E-state index contributed by atoms with van der Waals surface area (Å²) >= 11 is 0. The first-order chi connectivity index (χ1) is 24.5. The number of rotatable bonds is 15. The third-order valence-electron chi connectivity index (χ3n) is 10.3. The number of carbonyl (C=O) groups excluding carboxylic acids is 1. The predicted molar refractivity (Wildman–Crippen MR) is 217 cm³/mol. The summed E-state index contributed by atoms with van der Waals surface area (Å²) in [5.74, 6) is -2.22. The monoisotopic (exact) mass is 806 g/mol. The molecular formula is C38H59FN4O8SSi2. The van der Waals surface area contributed by atoms with Crippen LogP contribution in [0.3, 0.4) is 0 Å². The van der Waals surface area contributed by atoms with E-state index < -0.39 is 62.4 Å². The lowest BCUT2D eigenvalue weighted by Crippen LogP contribution is -2.47. The van der Waals surface area contributed by atoms with E-state index in [2.05, 4.69) is 67.7 Å². The number of halogens is 1. The fourth-order valence-electron chi connectivity index (χ4n) is 4.97. The number of benzene rings is 1. The summed E-state index contributed by atoms with van der Waals surface area (Å²) in [6.07, 6.45) is 3.57. The predicted octanol–water partition coefficient (Wildman–Crippen LogP) is 8.24. The molecule has 0 aliphatic carbocycles. The topological polar surface area (TPSA) is 153 Å². The van der Waals surface area contributed by atoms with Crippen LogP contribution in [0.1, 0.15) is 85.4 Å². The van der Waals surface area contributed by atoms with E-state index in [0.29, 0.717) is 27.2 Å². The van der Waals surface area contributed by atoms with Gasteiger partial charge in [-0.2, -0.15) is 0 Å². The molecule has 2 heterocycles. The largest absolute Gasteiger partial charge is 0.492 e. The zero-order valence-electron chi connectivity index (χ0n) is 34.2. The van der Waals surface area contributed by atoms with Crippen molar-refractivity contribution in [2.24, 2.45) is 0 Å². The van der Waals surface area contributed by atoms with E-state index in [1.807, 2.05) is 26.0 Å². The number of hydrogen-bond acceptors (Lipinski definition) is 10. The quantitative estimate of drug-likeness (QED) is 0.144. The number of nitrogens with zero attached hydrogens (tertiary/aromatic N) is 4. The maximum atomic E-state index is 14.1. The Labute approximate surface area is 322 Å². The molecule has 0 saturated heterocycles. The lowest BCUT2D eigenvalue weighted by atomic mass is 9.97. The van der Waals surface area contributed by atoms with Gasteiger partial charge in [0.25, 0.3) is 0 Å². The Morgan fingerprint density at radius 2 is 1.44 bits per heavy atom. The molecule has 2 atom stereocenters. The van der Waals surface area contributed by atoms with Gasteiger partial charge in [-0.3, -0.25) is 0 Å². The summed E-state index contributed by atoms with van der Waals surface area (Å²) < 4.78 is 54.8. The summed E-state index contributed by atoms with van der Waals surface area (Å²) in [6, 6.07) is 8.23. The molecule has 0 fully saturated rings. The summed E-state index contributed by atoms with van der Waals surface area (Å²) in [7, 11) is -7.28. The van der Waals surface area contributed by atoms with Crippen LogP contribution < -0.4 is 9.14 Å². The van der Waals surface area contributed by atoms with Gasteiger partial charge in [0.15, 0.2) is 16.6 Å². The third-order valence-corrected chi connectivity index (χ3v) is 20.5. The Hall–Kier alpha value is -3.58. The molecule has 0 amide bonds. The summed E-state index contributed by atoms with van der Waals surface area (Å²) in [5.41, 5.74) is 2.14. The maximum absolute atomic E-state index is 14.1. The number of anilines is 1. The van der Waals surface area contributed by atoms with Gasteiger partial charge in [-0.25, -0.2) is 31.9 Å². The molecule has 0 aliphatic heterocycles. The van der Waals surface area contributed by atoms with E-state index >= 15 is 0 Å². The standard InChI is InChI=1S/C38H59FN4O8SSi2/c1-25(2)34-30(35(26-15-17-27(39)18-16-26)41-36(40-34)42(9)52(10,47)48)20-19-28(50-53(11,12)37(3,4)5)23-29(51-54(13,14)38(6,7)8)24-33(46)49-43-31(44)21-22-32(43)45/h15-22,25,28-29,44-45H,23-24H2,1-14H3/t28-,29+/m0/s1. The first kappa shape index (κ1) is 44.8. The smallest absolute Gasteiger partial charge is 0.335 e. The molecule has 0 bridgehead atoms. The molecule has 0 unspecified atom stereocenters. The van der Waals surface area contributed by atoms with Crippen LogP contribution in [0.5, 0.6) is 11.8 Å². The van der Waals surface area contributed by atoms with Crippen LogP contribution in [0, 0.1) is 5.82 Å². The number of aromatic hydroxyl groups is 2. The van der Waals surface area contributed by atoms with Gasteiger partial charge in [0.05, 0.1) is 36.3 Å². The van der Waals surface area contributed by atoms with E-state index in [1.54, 1.807) is 12.1 Å². The van der Waals surface area contributed by atoms with Crippen molar-refractivity contribution >= 4 is 44.7 Å². The van der Waals surface area contributed by atoms with E-state index in [-0.39, 0.29) is 34.8 Å². The van der Waals surface area contributed by atoms with Crippen molar-refractivity contribution < 1.29 is 41.5 Å². The number of aromatic nitrogens is 3. The van der Waals surface area contributed by atoms with Gasteiger partial charge in [0.1, 0.15) is 5.82 Å². The normalized spacial score (nSPS) is 14.4. The molecule has 0 spiro atoms. The van der Waals surface area contributed by atoms with Gasteiger partial charge in [-0.1, -0.05) is 67.5 Å². The maximum Gasteiger partial charge on any atom is 0.335 e. The second kappa shape index (κ2) is 16.7. The Morgan fingerprint density at radius 3 is 1.93 bits per heavy atom. The second-order valence-electron chi connectivity index (χ2n) is 17.1. The van der Waals surface area contributed by atoms with Gasteiger partial charge in [0, 0.05) is 36.7 Å². The van der Waals surface area contributed by atoms with Crippen LogP contribution >= 0.6 is 0 Å². The lowest BCUT2D eigenvalue weighted by molar-refractivity contribution is -0.147. The minimum Gasteiger partial charge on any atom is -0.492 e. The zero-order valence-corrected chi connectivity index (χ0v) is 37.0. The van der Waals surface area contributed by atoms with Crippen molar-refractivity contribution in [1.29, 1.82) is 0 Å². The molecule has 300 valence electrons. The van der Waals surface area contributed by atoms with Crippen LogP contribution in [0.15, 0.2) is 42.5 Å². The lowest BCUT2D eigenvalue weighted by Gasteiger charge is -2.42. The number of hydrogen-bond donors (Lipinski definition) is 2. The highest BCUT2D eigenvalue weighted by Gasteiger charge is 2.42. The van der Waals surface area contributed by atoms with Crippen LogP contribution in [-0.4, -0.2) is 81.4 Å². The molecule has 2 aromatic heterocycles. The van der Waals surface area contributed by atoms with Gasteiger partial charge in [-0.15, -0.1) is 4.73 Å². The fourth-order valence-corrected chi connectivity index (χ4v) is 8.00. The van der Waals surface area contributed by atoms with Crippen LogP contribution in [0.25, 0.3) is 17.3 Å². The summed E-state index contributed by atoms with van der Waals surface area (Å²) in [5, 5.41) is 19.9. The van der Waals surface area contributed by atoms with Crippen molar-refractivity contribution in [2.45, 2.75) is 123 Å². The molecule has 0 radical (unpaired) electrons. The highest BCUT2D eigenvalue weighted by molar-refractivity contribution is 7.92. The van der Waals surface area contributed by atoms with Crippen molar-refractivity contribution in [1.82, 2.24) is 14.7 Å². The minimum atomic E-state index is -3.71. The number of carbonyl (C=O) groups is 1. The molecule has 0 aliphatic rings. The molecule has 2 N–H and O–H groups in total. The molecule has 54 heavy (non-hydrogen) atoms. The first-order valence-electron chi connectivity index (χ1n) is 18.0. The second-order valence-corrected chi connectivity index (χ2v) is 28.6. The van der Waals surface area contributed by atoms with Crippen molar-refractivity contribution in [3.8, 4) is 23.0 Å². The highest BCUT2D eigenvalue weighted by Crippen LogP contribution is 2.41. The third kappa shape index (κ3) is 11.2. The van der Waals surface area contributed by atoms with E-state index in [0.717, 1.165) is 10.6 Å². The summed E-state index contributed by atoms with van der Waals surface area (Å²) in [6.45, 7) is 25.0. The van der Waals surface area contributed by atoms with E-state index in [1.165, 1.54) is 31.3 Å². The number of sulfonamides is 1. The summed E-state index contributed by atoms with van der Waals surface area (Å²) in [4.78, 5) is 28.2. The van der Waals surface area contributed by atoms with E-state index in [4.69, 9.17) is 23.7 Å². The Kier molecular flexibility index (Phi) is 13.8. The Balaban J connectivity index is 2.23. The SMILES string of the molecule is CC(C)c1nc(N(C)S(C)(=O)=O)nc(-c2ccc(F)cc2)c1C=C[C@@H](C[C@H](CC(=O)On1c(O)ccc1O)O[Si](C)(C)C(C)(C)C)O[Si](C)(C)C(C)(C)C. The van der Waals surface area contributed by atoms with Gasteiger partial charge in [-0.05, 0) is 66.4 Å². The highest BCUT2D eigenvalue weighted by atomic mass is 32.2. The molecule has 12 nitrogen and oxygen atoms in total. The fraction of sp³-hybridized carbons (Fsp3) is 0.553. The molecule has 3 aromatic rings. The molecule has 0 saturated carbocycles. The average Bonchev–Trinajstić information content (AvgIpc) is 3.33. The Bertz CT molecular complexity index is 1900. The zero-order chi connectivity index (χ0) is 41.2.